The van der Waals surface area contributed by atoms with E-state index in [1.54, 1.807) is 6.92 Å². The van der Waals surface area contributed by atoms with Crippen molar-refractivity contribution in [1.29, 1.82) is 0 Å². The summed E-state index contributed by atoms with van der Waals surface area (Å²) in [6, 6.07) is -0.107. The van der Waals surface area contributed by atoms with E-state index in [0.29, 0.717) is 25.4 Å². The number of nitrogens with zero attached hydrogens (tertiary/aromatic N) is 1. The fourth-order valence-electron chi connectivity index (χ4n) is 3.17. The Morgan fingerprint density at radius 1 is 1.18 bits per heavy atom. The summed E-state index contributed by atoms with van der Waals surface area (Å²) in [5, 5.41) is 15.3. The number of hydrogen-bond acceptors (Lipinski definition) is 3. The number of carbonyl (C=O) groups is 1. The lowest BCUT2D eigenvalue weighted by Gasteiger charge is -2.29. The first-order chi connectivity index (χ1) is 10.3. The van der Waals surface area contributed by atoms with Crippen LogP contribution in [0.1, 0.15) is 53.4 Å². The number of aliphatic hydroxyl groups excluding tert-OH is 1. The molecule has 3 N–H and O–H groups in total. The van der Waals surface area contributed by atoms with Gasteiger partial charge >= 0.3 is 6.03 Å². The van der Waals surface area contributed by atoms with Crippen LogP contribution in [0.2, 0.25) is 0 Å². The summed E-state index contributed by atoms with van der Waals surface area (Å²) in [5.41, 5.74) is -0.0923. The van der Waals surface area contributed by atoms with Crippen LogP contribution in [0.15, 0.2) is 0 Å². The number of likely N-dealkylation sites (tertiary alicyclic amines) is 1. The number of hydrogen-bond donors (Lipinski definition) is 3. The number of amides is 2. The van der Waals surface area contributed by atoms with Crippen LogP contribution in [-0.2, 0) is 0 Å². The maximum absolute atomic E-state index is 11.9. The lowest BCUT2D eigenvalue weighted by atomic mass is 9.87. The van der Waals surface area contributed by atoms with Gasteiger partial charge in [-0.2, -0.15) is 0 Å². The molecule has 2 amide bonds. The average molecular weight is 313 g/mol. The van der Waals surface area contributed by atoms with Crippen molar-refractivity contribution in [1.82, 2.24) is 15.5 Å². The zero-order valence-electron chi connectivity index (χ0n) is 14.8. The molecule has 2 unspecified atom stereocenters. The van der Waals surface area contributed by atoms with E-state index in [2.05, 4.69) is 36.3 Å². The quantitative estimate of drug-likeness (QED) is 0.644. The van der Waals surface area contributed by atoms with Crippen LogP contribution < -0.4 is 10.6 Å². The summed E-state index contributed by atoms with van der Waals surface area (Å²) in [5.74, 6) is 0.467. The second kappa shape index (κ2) is 9.36. The van der Waals surface area contributed by atoms with Gasteiger partial charge in [-0.1, -0.05) is 27.2 Å². The highest BCUT2D eigenvalue weighted by atomic mass is 16.3. The average Bonchev–Trinajstić information content (AvgIpc) is 2.43. The van der Waals surface area contributed by atoms with Crippen molar-refractivity contribution in [2.75, 3.05) is 32.7 Å². The highest BCUT2D eigenvalue weighted by molar-refractivity contribution is 5.73. The molecular formula is C17H35N3O2. The molecule has 1 rings (SSSR count). The molecule has 0 aromatic carbocycles. The van der Waals surface area contributed by atoms with E-state index in [4.69, 9.17) is 0 Å². The largest absolute Gasteiger partial charge is 0.393 e. The van der Waals surface area contributed by atoms with Gasteiger partial charge in [0.15, 0.2) is 0 Å². The van der Waals surface area contributed by atoms with Gasteiger partial charge in [0.25, 0.3) is 0 Å². The van der Waals surface area contributed by atoms with Crippen LogP contribution in [0.5, 0.6) is 0 Å². The summed E-state index contributed by atoms with van der Waals surface area (Å²) in [6.45, 7) is 12.8. The minimum Gasteiger partial charge on any atom is -0.393 e. The molecule has 1 aliphatic rings. The van der Waals surface area contributed by atoms with Crippen molar-refractivity contribution >= 4 is 6.03 Å². The van der Waals surface area contributed by atoms with E-state index in [1.165, 1.54) is 32.4 Å². The van der Waals surface area contributed by atoms with Crippen molar-refractivity contribution in [3.63, 3.8) is 0 Å². The number of piperidine rings is 1. The highest BCUT2D eigenvalue weighted by Gasteiger charge is 2.21. The van der Waals surface area contributed by atoms with Crippen molar-refractivity contribution in [2.45, 2.75) is 59.5 Å². The van der Waals surface area contributed by atoms with Gasteiger partial charge in [-0.05, 0) is 50.6 Å². The topological polar surface area (TPSA) is 64.6 Å². The third-order valence-electron chi connectivity index (χ3n) is 4.21. The molecule has 0 spiro atoms. The number of aliphatic hydroxyl groups is 1. The SMILES string of the molecule is CC(O)CC(C)(C)CNC(=O)NCC(C)CN1CCCCC1. The molecule has 22 heavy (non-hydrogen) atoms. The molecule has 5 heteroatoms. The third-order valence-corrected chi connectivity index (χ3v) is 4.21. The predicted octanol–water partition coefficient (Wildman–Crippen LogP) is 2.20. The van der Waals surface area contributed by atoms with Crippen LogP contribution in [0.4, 0.5) is 4.79 Å². The van der Waals surface area contributed by atoms with E-state index >= 15 is 0 Å². The third kappa shape index (κ3) is 8.59. The Balaban J connectivity index is 2.16. The Hall–Kier alpha value is -0.810. The minimum absolute atomic E-state index is 0.0923. The number of rotatable bonds is 8. The van der Waals surface area contributed by atoms with Crippen LogP contribution in [0, 0.1) is 11.3 Å². The first kappa shape index (κ1) is 19.2. The van der Waals surface area contributed by atoms with E-state index in [-0.39, 0.29) is 17.6 Å². The number of carbonyl (C=O) groups excluding carboxylic acids is 1. The first-order valence-corrected chi connectivity index (χ1v) is 8.70. The fourth-order valence-corrected chi connectivity index (χ4v) is 3.17. The summed E-state index contributed by atoms with van der Waals surface area (Å²) in [7, 11) is 0. The molecule has 0 aromatic rings. The van der Waals surface area contributed by atoms with Crippen LogP contribution >= 0.6 is 0 Å². The van der Waals surface area contributed by atoms with E-state index in [1.807, 2.05) is 0 Å². The van der Waals surface area contributed by atoms with Gasteiger partial charge in [0, 0.05) is 19.6 Å². The normalized spacial score (nSPS) is 19.5. The minimum atomic E-state index is -0.343. The van der Waals surface area contributed by atoms with E-state index < -0.39 is 0 Å². The Kier molecular flexibility index (Phi) is 8.18. The summed E-state index contributed by atoms with van der Waals surface area (Å²) in [4.78, 5) is 14.4. The molecule has 1 aliphatic heterocycles. The zero-order chi connectivity index (χ0) is 16.6. The van der Waals surface area contributed by atoms with Crippen molar-refractivity contribution in [3.05, 3.63) is 0 Å². The van der Waals surface area contributed by atoms with Crippen LogP contribution in [0.3, 0.4) is 0 Å². The maximum Gasteiger partial charge on any atom is 0.314 e. The lowest BCUT2D eigenvalue weighted by Crippen LogP contribution is -2.44. The van der Waals surface area contributed by atoms with Gasteiger partial charge in [0.2, 0.25) is 0 Å². The molecule has 0 aliphatic carbocycles. The summed E-state index contributed by atoms with van der Waals surface area (Å²) in [6.07, 6.45) is 4.30. The van der Waals surface area contributed by atoms with Gasteiger partial charge in [0.05, 0.1) is 6.10 Å². The molecule has 0 bridgehead atoms. The van der Waals surface area contributed by atoms with Crippen molar-refractivity contribution in [2.24, 2.45) is 11.3 Å². The summed E-state index contributed by atoms with van der Waals surface area (Å²) >= 11 is 0. The molecule has 2 atom stereocenters. The zero-order valence-corrected chi connectivity index (χ0v) is 14.8. The smallest absolute Gasteiger partial charge is 0.314 e. The molecular weight excluding hydrogens is 278 g/mol. The second-order valence-electron chi connectivity index (χ2n) is 7.75. The molecule has 1 saturated heterocycles. The Morgan fingerprint density at radius 3 is 2.41 bits per heavy atom. The molecule has 130 valence electrons. The standard InChI is InChI=1S/C17H35N3O2/c1-14(12-20-8-6-5-7-9-20)11-18-16(22)19-13-17(3,4)10-15(2)21/h14-15,21H,5-13H2,1-4H3,(H2,18,19,22). The van der Waals surface area contributed by atoms with Crippen molar-refractivity contribution in [3.8, 4) is 0 Å². The summed E-state index contributed by atoms with van der Waals surface area (Å²) < 4.78 is 0. The highest BCUT2D eigenvalue weighted by Crippen LogP contribution is 2.20. The van der Waals surface area contributed by atoms with Crippen LogP contribution in [0.25, 0.3) is 0 Å². The molecule has 5 nitrogen and oxygen atoms in total. The van der Waals surface area contributed by atoms with Gasteiger partial charge in [-0.3, -0.25) is 0 Å². The van der Waals surface area contributed by atoms with Crippen molar-refractivity contribution < 1.29 is 9.90 Å². The monoisotopic (exact) mass is 313 g/mol. The number of nitrogens with one attached hydrogen (secondary N) is 2. The predicted molar refractivity (Wildman–Crippen MR) is 90.9 cm³/mol. The Bertz CT molecular complexity index is 326. The van der Waals surface area contributed by atoms with Gasteiger partial charge in [0.1, 0.15) is 0 Å². The molecule has 0 aromatic heterocycles. The number of urea groups is 1. The molecule has 1 heterocycles. The Labute approximate surface area is 135 Å². The maximum atomic E-state index is 11.9. The molecule has 1 fully saturated rings. The van der Waals surface area contributed by atoms with E-state index in [9.17, 15) is 9.90 Å². The molecule has 0 radical (unpaired) electrons. The van der Waals surface area contributed by atoms with Crippen LogP contribution in [-0.4, -0.2) is 54.9 Å². The Morgan fingerprint density at radius 2 is 1.82 bits per heavy atom. The van der Waals surface area contributed by atoms with Gasteiger partial charge < -0.3 is 20.6 Å². The fraction of sp³-hybridized carbons (Fsp3) is 0.941. The van der Waals surface area contributed by atoms with Gasteiger partial charge in [-0.15, -0.1) is 0 Å². The van der Waals surface area contributed by atoms with Gasteiger partial charge in [-0.25, -0.2) is 4.79 Å². The second-order valence-corrected chi connectivity index (χ2v) is 7.75. The first-order valence-electron chi connectivity index (χ1n) is 8.70. The van der Waals surface area contributed by atoms with E-state index in [0.717, 1.165) is 6.54 Å². The lowest BCUT2D eigenvalue weighted by molar-refractivity contribution is 0.128. The molecule has 0 saturated carbocycles.